The molecule has 0 bridgehead atoms. The maximum Gasteiger partial charge on any atom is 0.454 e. The lowest BCUT2D eigenvalue weighted by Gasteiger charge is -2.05. The Morgan fingerprint density at radius 3 is 1.25 bits per heavy atom. The van der Waals surface area contributed by atoms with Crippen molar-refractivity contribution in [3.05, 3.63) is 103 Å². The van der Waals surface area contributed by atoms with Crippen molar-refractivity contribution in [1.82, 2.24) is 0 Å². The Bertz CT molecular complexity index is 920. The first-order chi connectivity index (χ1) is 12.3. The van der Waals surface area contributed by atoms with Crippen LogP contribution in [0.1, 0.15) is 0 Å². The second-order valence-electron chi connectivity index (χ2n) is 5.72. The molecule has 0 fully saturated rings. The summed E-state index contributed by atoms with van der Waals surface area (Å²) in [5.41, 5.74) is 6.08. The molecule has 0 aliphatic carbocycles. The number of hydrogen-bond donors (Lipinski definition) is 0. The summed E-state index contributed by atoms with van der Waals surface area (Å²) >= 11 is 0. The van der Waals surface area contributed by atoms with Gasteiger partial charge in [-0.25, -0.2) is 4.98 Å². The van der Waals surface area contributed by atoms with Gasteiger partial charge in [-0.15, -0.1) is 0 Å². The van der Waals surface area contributed by atoms with Gasteiger partial charge in [-0.2, -0.15) is 0 Å². The third kappa shape index (κ3) is 2.97. The van der Waals surface area contributed by atoms with Crippen molar-refractivity contribution in [2.24, 2.45) is 0 Å². The summed E-state index contributed by atoms with van der Waals surface area (Å²) in [6.07, 6.45) is 0. The minimum atomic E-state index is 0.876. The Kier molecular flexibility index (Phi) is 3.60. The predicted octanol–water partition coefficient (Wildman–Crippen LogP) is 5.50. The van der Waals surface area contributed by atoms with Crippen LogP contribution in [0, 0.1) is 0 Å². The summed E-state index contributed by atoms with van der Waals surface area (Å²) in [4.78, 5) is 1.52. The van der Waals surface area contributed by atoms with E-state index in [1.807, 2.05) is 78.9 Å². The summed E-state index contributed by atoms with van der Waals surface area (Å²) in [7, 11) is 0. The molecule has 0 amide bonds. The monoisotopic (exact) mass is 309 g/mol. The molecule has 1 heteroatoms. The zero-order chi connectivity index (χ0) is 17.1. The largest absolute Gasteiger partial charge is 0.454 e. The van der Waals surface area contributed by atoms with Crippen LogP contribution in [0.4, 0.5) is 0 Å². The van der Waals surface area contributed by atoms with Crippen LogP contribution in [0.5, 0.6) is 0 Å². The van der Waals surface area contributed by atoms with Crippen LogP contribution < -0.4 is 4.98 Å². The van der Waals surface area contributed by atoms with Gasteiger partial charge >= 0.3 is 1.41 Å². The van der Waals surface area contributed by atoms with Gasteiger partial charge in [0, 0.05) is 23.3 Å². The van der Waals surface area contributed by atoms with E-state index in [4.69, 9.17) is 1.41 Å². The van der Waals surface area contributed by atoms with Crippen molar-refractivity contribution in [1.29, 1.82) is 0 Å². The first-order valence-corrected chi connectivity index (χ1v) is 8.08. The van der Waals surface area contributed by atoms with Crippen molar-refractivity contribution in [2.75, 3.05) is 0 Å². The number of rotatable bonds is 3. The number of aromatic nitrogens is 1. The average Bonchev–Trinajstić information content (AvgIpc) is 2.70. The first kappa shape index (κ1) is 13.3. The highest BCUT2D eigenvalue weighted by molar-refractivity contribution is 5.73. The molecule has 0 aliphatic heterocycles. The molecule has 24 heavy (non-hydrogen) atoms. The quantitative estimate of drug-likeness (QED) is 0.474. The summed E-state index contributed by atoms with van der Waals surface area (Å²) in [6.45, 7) is 0. The van der Waals surface area contributed by atoms with Gasteiger partial charge in [-0.3, -0.25) is 0 Å². The molecule has 4 aromatic rings. The molecular formula is C23H18N+. The molecule has 0 radical (unpaired) electrons. The van der Waals surface area contributed by atoms with Crippen molar-refractivity contribution in [3.8, 4) is 33.6 Å². The molecule has 1 nitrogen and oxygen atoms in total. The van der Waals surface area contributed by atoms with E-state index in [0.29, 0.717) is 0 Å². The minimum Gasteiger partial charge on any atom is -0.204 e. The van der Waals surface area contributed by atoms with E-state index in [1.54, 1.807) is 0 Å². The fourth-order valence-corrected chi connectivity index (χ4v) is 2.84. The Hall–Kier alpha value is -3.19. The number of benzene rings is 3. The lowest BCUT2D eigenvalue weighted by Crippen LogP contribution is -2.11. The second-order valence-corrected chi connectivity index (χ2v) is 5.72. The standard InChI is InChI=1S/C23H17N/c1-4-10-18(11-5-1)21-16-22(19-12-6-2-7-13-19)24-23(17-21)20-14-8-3-9-15-20/h1-17H/p+1/i/hD. The van der Waals surface area contributed by atoms with E-state index >= 15 is 0 Å². The van der Waals surface area contributed by atoms with E-state index in [-0.39, 0.29) is 0 Å². The van der Waals surface area contributed by atoms with E-state index in [2.05, 4.69) is 24.3 Å². The van der Waals surface area contributed by atoms with Crippen LogP contribution in [0.3, 0.4) is 0 Å². The van der Waals surface area contributed by atoms with Crippen LogP contribution in [0.15, 0.2) is 103 Å². The molecule has 1 N–H and O–H groups in total. The van der Waals surface area contributed by atoms with Crippen LogP contribution >= 0.6 is 0 Å². The molecule has 4 rings (SSSR count). The average molecular weight is 309 g/mol. The second kappa shape index (κ2) is 6.51. The van der Waals surface area contributed by atoms with Crippen LogP contribution in [-0.4, -0.2) is 0 Å². The highest BCUT2D eigenvalue weighted by Crippen LogP contribution is 2.27. The van der Waals surface area contributed by atoms with Gasteiger partial charge in [0.05, 0.1) is 0 Å². The Labute approximate surface area is 143 Å². The predicted molar refractivity (Wildman–Crippen MR) is 99.3 cm³/mol. The fourth-order valence-electron chi connectivity index (χ4n) is 2.84. The summed E-state index contributed by atoms with van der Waals surface area (Å²) in [5, 5.41) is 0. The molecule has 1 heterocycles. The number of pyridine rings is 1. The summed E-state index contributed by atoms with van der Waals surface area (Å²) in [5.74, 6) is 0. The fraction of sp³-hybridized carbons (Fsp3) is 0. The number of nitrogens with one attached hydrogen (secondary N) is 1. The Morgan fingerprint density at radius 1 is 0.458 bits per heavy atom. The smallest absolute Gasteiger partial charge is 0.204 e. The molecule has 3 aromatic carbocycles. The maximum atomic E-state index is 8.70. The molecule has 0 saturated carbocycles. The minimum absolute atomic E-state index is 0.876. The summed E-state index contributed by atoms with van der Waals surface area (Å²) in [6, 6.07) is 34.7. The van der Waals surface area contributed by atoms with Gasteiger partial charge in [0.15, 0.2) is 0 Å². The van der Waals surface area contributed by atoms with Crippen LogP contribution in [-0.2, 0) is 0 Å². The molecule has 0 unspecified atom stereocenters. The van der Waals surface area contributed by atoms with Gasteiger partial charge in [-0.05, 0) is 35.4 Å². The SMILES string of the molecule is [2H][n+]1c(-c2ccccc2)cc(-c2ccccc2)cc1-c1ccccc1. The van der Waals surface area contributed by atoms with Crippen molar-refractivity contribution < 1.29 is 6.39 Å². The zero-order valence-corrected chi connectivity index (χ0v) is 13.3. The highest BCUT2D eigenvalue weighted by Gasteiger charge is 2.14. The van der Waals surface area contributed by atoms with Gasteiger partial charge in [0.25, 0.3) is 0 Å². The van der Waals surface area contributed by atoms with Crippen LogP contribution in [0.2, 0.25) is 1.41 Å². The van der Waals surface area contributed by atoms with E-state index in [0.717, 1.165) is 33.6 Å². The molecular weight excluding hydrogens is 290 g/mol. The Balaban J connectivity index is 1.98. The molecule has 0 spiro atoms. The summed E-state index contributed by atoms with van der Waals surface area (Å²) < 4.78 is 8.70. The molecule has 0 atom stereocenters. The van der Waals surface area contributed by atoms with Crippen molar-refractivity contribution in [2.45, 2.75) is 0 Å². The Morgan fingerprint density at radius 2 is 0.833 bits per heavy atom. The van der Waals surface area contributed by atoms with Gasteiger partial charge in [0.2, 0.25) is 11.4 Å². The molecule has 1 aromatic heterocycles. The van der Waals surface area contributed by atoms with Gasteiger partial charge < -0.3 is 0 Å². The zero-order valence-electron chi connectivity index (χ0n) is 14.3. The molecule has 0 aliphatic rings. The number of aromatic amines is 1. The number of hydrogen-bond acceptors (Lipinski definition) is 0. The van der Waals surface area contributed by atoms with Crippen molar-refractivity contribution in [3.63, 3.8) is 0 Å². The third-order valence-corrected chi connectivity index (χ3v) is 4.07. The van der Waals surface area contributed by atoms with Gasteiger partial charge in [-0.1, -0.05) is 66.7 Å². The lowest BCUT2D eigenvalue weighted by molar-refractivity contribution is -0.351. The van der Waals surface area contributed by atoms with Gasteiger partial charge in [0.1, 0.15) is 0 Å². The van der Waals surface area contributed by atoms with E-state index in [9.17, 15) is 0 Å². The topological polar surface area (TPSA) is 14.1 Å². The lowest BCUT2D eigenvalue weighted by atomic mass is 10.00. The first-order valence-electron chi connectivity index (χ1n) is 8.53. The molecule has 0 saturated heterocycles. The van der Waals surface area contributed by atoms with E-state index < -0.39 is 0 Å². The van der Waals surface area contributed by atoms with Crippen molar-refractivity contribution >= 4 is 0 Å². The molecule has 114 valence electrons. The normalized spacial score (nSPS) is 11.1. The highest BCUT2D eigenvalue weighted by atomic mass is 14.7. The number of H-pyrrole nitrogens is 1. The van der Waals surface area contributed by atoms with Crippen LogP contribution in [0.25, 0.3) is 33.6 Å². The maximum absolute atomic E-state index is 8.70. The van der Waals surface area contributed by atoms with E-state index in [1.165, 1.54) is 4.98 Å². The third-order valence-electron chi connectivity index (χ3n) is 4.07.